The molecule has 2 atom stereocenters. The van der Waals surface area contributed by atoms with Crippen LogP contribution in [-0.2, 0) is 4.74 Å². The number of nitrogens with zero attached hydrogens (tertiary/aromatic N) is 1. The normalized spacial score (nSPS) is 20.9. The SMILES string of the molecule is COc1cc(C(C)N(C)CC2CCCCO2)ccc1O. The second-order valence-corrected chi connectivity index (χ2v) is 5.54. The van der Waals surface area contributed by atoms with Crippen LogP contribution in [0.3, 0.4) is 0 Å². The lowest BCUT2D eigenvalue weighted by Crippen LogP contribution is -2.34. The number of methoxy groups -OCH3 is 1. The molecule has 20 heavy (non-hydrogen) atoms. The van der Waals surface area contributed by atoms with Crippen LogP contribution in [0.5, 0.6) is 11.5 Å². The van der Waals surface area contributed by atoms with Crippen LogP contribution in [0.1, 0.15) is 37.8 Å². The number of hydrogen-bond acceptors (Lipinski definition) is 4. The van der Waals surface area contributed by atoms with Gasteiger partial charge in [0.25, 0.3) is 0 Å². The number of likely N-dealkylation sites (N-methyl/N-ethyl adjacent to an activating group) is 1. The summed E-state index contributed by atoms with van der Waals surface area (Å²) < 4.78 is 11.0. The minimum Gasteiger partial charge on any atom is -0.504 e. The van der Waals surface area contributed by atoms with Gasteiger partial charge in [0.15, 0.2) is 11.5 Å². The highest BCUT2D eigenvalue weighted by Gasteiger charge is 2.20. The number of aromatic hydroxyl groups is 1. The van der Waals surface area contributed by atoms with Crippen LogP contribution in [0.25, 0.3) is 0 Å². The van der Waals surface area contributed by atoms with Gasteiger partial charge in [-0.15, -0.1) is 0 Å². The third-order valence-electron chi connectivity index (χ3n) is 4.11. The molecule has 1 heterocycles. The van der Waals surface area contributed by atoms with Crippen molar-refractivity contribution in [1.82, 2.24) is 4.90 Å². The molecule has 0 amide bonds. The quantitative estimate of drug-likeness (QED) is 0.900. The van der Waals surface area contributed by atoms with Crippen molar-refractivity contribution in [2.75, 3.05) is 27.3 Å². The number of phenols is 1. The van der Waals surface area contributed by atoms with E-state index in [9.17, 15) is 5.11 Å². The Morgan fingerprint density at radius 3 is 2.90 bits per heavy atom. The van der Waals surface area contributed by atoms with Crippen LogP contribution in [0.2, 0.25) is 0 Å². The highest BCUT2D eigenvalue weighted by atomic mass is 16.5. The Bertz CT molecular complexity index is 430. The molecular formula is C16H25NO3. The van der Waals surface area contributed by atoms with E-state index in [0.717, 1.165) is 25.1 Å². The van der Waals surface area contributed by atoms with Crippen LogP contribution in [-0.4, -0.2) is 43.4 Å². The number of hydrogen-bond donors (Lipinski definition) is 1. The summed E-state index contributed by atoms with van der Waals surface area (Å²) in [5, 5.41) is 9.66. The fraction of sp³-hybridized carbons (Fsp3) is 0.625. The minimum absolute atomic E-state index is 0.182. The average Bonchev–Trinajstić information content (AvgIpc) is 2.48. The van der Waals surface area contributed by atoms with Gasteiger partial charge < -0.3 is 14.6 Å². The van der Waals surface area contributed by atoms with E-state index in [-0.39, 0.29) is 11.8 Å². The summed E-state index contributed by atoms with van der Waals surface area (Å²) in [4.78, 5) is 2.29. The molecule has 2 unspecified atom stereocenters. The molecule has 1 aromatic rings. The lowest BCUT2D eigenvalue weighted by molar-refractivity contribution is -0.00716. The van der Waals surface area contributed by atoms with Gasteiger partial charge in [0.2, 0.25) is 0 Å². The number of benzene rings is 1. The molecule has 1 aliphatic heterocycles. The monoisotopic (exact) mass is 279 g/mol. The third-order valence-corrected chi connectivity index (χ3v) is 4.11. The largest absolute Gasteiger partial charge is 0.504 e. The summed E-state index contributed by atoms with van der Waals surface area (Å²) in [6, 6.07) is 5.80. The van der Waals surface area contributed by atoms with Gasteiger partial charge in [-0.3, -0.25) is 4.90 Å². The summed E-state index contributed by atoms with van der Waals surface area (Å²) >= 11 is 0. The summed E-state index contributed by atoms with van der Waals surface area (Å²) in [5.41, 5.74) is 1.14. The lowest BCUT2D eigenvalue weighted by Gasteiger charge is -2.31. The van der Waals surface area contributed by atoms with Gasteiger partial charge >= 0.3 is 0 Å². The van der Waals surface area contributed by atoms with E-state index in [4.69, 9.17) is 9.47 Å². The maximum absolute atomic E-state index is 9.66. The van der Waals surface area contributed by atoms with Crippen molar-refractivity contribution in [2.24, 2.45) is 0 Å². The molecule has 1 N–H and O–H groups in total. The Morgan fingerprint density at radius 1 is 1.45 bits per heavy atom. The fourth-order valence-corrected chi connectivity index (χ4v) is 2.64. The van der Waals surface area contributed by atoms with E-state index in [2.05, 4.69) is 18.9 Å². The Morgan fingerprint density at radius 2 is 2.25 bits per heavy atom. The molecule has 2 rings (SSSR count). The Balaban J connectivity index is 2.00. The predicted molar refractivity (Wildman–Crippen MR) is 79.3 cm³/mol. The van der Waals surface area contributed by atoms with Crippen LogP contribution in [0, 0.1) is 0 Å². The average molecular weight is 279 g/mol. The zero-order chi connectivity index (χ0) is 14.5. The van der Waals surface area contributed by atoms with Crippen molar-refractivity contribution in [1.29, 1.82) is 0 Å². The number of rotatable bonds is 5. The van der Waals surface area contributed by atoms with Crippen LogP contribution < -0.4 is 4.74 Å². The molecule has 0 bridgehead atoms. The smallest absolute Gasteiger partial charge is 0.160 e. The van der Waals surface area contributed by atoms with Gasteiger partial charge in [0, 0.05) is 19.2 Å². The van der Waals surface area contributed by atoms with E-state index < -0.39 is 0 Å². The van der Waals surface area contributed by atoms with Crippen LogP contribution in [0.4, 0.5) is 0 Å². The van der Waals surface area contributed by atoms with Crippen molar-refractivity contribution in [3.63, 3.8) is 0 Å². The molecule has 1 saturated heterocycles. The molecule has 0 spiro atoms. The maximum Gasteiger partial charge on any atom is 0.160 e. The second-order valence-electron chi connectivity index (χ2n) is 5.54. The first-order valence-electron chi connectivity index (χ1n) is 7.30. The Hall–Kier alpha value is -1.26. The van der Waals surface area contributed by atoms with E-state index in [0.29, 0.717) is 11.9 Å². The van der Waals surface area contributed by atoms with E-state index in [1.54, 1.807) is 13.2 Å². The van der Waals surface area contributed by atoms with Crippen molar-refractivity contribution < 1.29 is 14.6 Å². The molecule has 0 saturated carbocycles. The van der Waals surface area contributed by atoms with Crippen molar-refractivity contribution in [3.05, 3.63) is 23.8 Å². The van der Waals surface area contributed by atoms with Crippen molar-refractivity contribution >= 4 is 0 Å². The lowest BCUT2D eigenvalue weighted by atomic mass is 10.0. The molecule has 4 heteroatoms. The van der Waals surface area contributed by atoms with Gasteiger partial charge in [-0.25, -0.2) is 0 Å². The minimum atomic E-state index is 0.182. The van der Waals surface area contributed by atoms with Crippen LogP contribution in [0.15, 0.2) is 18.2 Å². The zero-order valence-corrected chi connectivity index (χ0v) is 12.6. The Labute approximate surface area is 121 Å². The molecule has 1 aromatic carbocycles. The molecule has 1 fully saturated rings. The van der Waals surface area contributed by atoms with Gasteiger partial charge in [-0.05, 0) is 50.9 Å². The highest BCUT2D eigenvalue weighted by molar-refractivity contribution is 5.42. The molecule has 1 aliphatic rings. The standard InChI is InChI=1S/C16H25NO3/c1-12(13-7-8-15(18)16(10-13)19-3)17(2)11-14-6-4-5-9-20-14/h7-8,10,12,14,18H,4-6,9,11H2,1-3H3. The zero-order valence-electron chi connectivity index (χ0n) is 12.6. The summed E-state index contributed by atoms with van der Waals surface area (Å²) in [7, 11) is 3.69. The Kier molecular flexibility index (Phi) is 5.26. The first-order chi connectivity index (χ1) is 9.61. The summed E-state index contributed by atoms with van der Waals surface area (Å²) in [6.45, 7) is 3.99. The fourth-order valence-electron chi connectivity index (χ4n) is 2.64. The predicted octanol–water partition coefficient (Wildman–Crippen LogP) is 2.96. The van der Waals surface area contributed by atoms with Crippen molar-refractivity contribution in [2.45, 2.75) is 38.3 Å². The number of ether oxygens (including phenoxy) is 2. The first-order valence-corrected chi connectivity index (χ1v) is 7.30. The van der Waals surface area contributed by atoms with E-state index in [1.165, 1.54) is 12.8 Å². The van der Waals surface area contributed by atoms with Gasteiger partial charge in [-0.2, -0.15) is 0 Å². The van der Waals surface area contributed by atoms with Crippen molar-refractivity contribution in [3.8, 4) is 11.5 Å². The molecule has 4 nitrogen and oxygen atoms in total. The van der Waals surface area contributed by atoms with Crippen LogP contribution >= 0.6 is 0 Å². The topological polar surface area (TPSA) is 41.9 Å². The second kappa shape index (κ2) is 6.95. The van der Waals surface area contributed by atoms with Gasteiger partial charge in [0.1, 0.15) is 0 Å². The molecule has 0 aromatic heterocycles. The highest BCUT2D eigenvalue weighted by Crippen LogP contribution is 2.30. The van der Waals surface area contributed by atoms with E-state index in [1.807, 2.05) is 12.1 Å². The molecule has 0 aliphatic carbocycles. The molecule has 0 radical (unpaired) electrons. The van der Waals surface area contributed by atoms with E-state index >= 15 is 0 Å². The summed E-state index contributed by atoms with van der Waals surface area (Å²) in [5.74, 6) is 0.707. The first kappa shape index (κ1) is 15.1. The van der Waals surface area contributed by atoms with Gasteiger partial charge in [0.05, 0.1) is 13.2 Å². The summed E-state index contributed by atoms with van der Waals surface area (Å²) in [6.07, 6.45) is 3.94. The third kappa shape index (κ3) is 3.64. The molecule has 112 valence electrons. The molecular weight excluding hydrogens is 254 g/mol. The number of phenolic OH excluding ortho intramolecular Hbond substituents is 1. The van der Waals surface area contributed by atoms with Gasteiger partial charge in [-0.1, -0.05) is 6.07 Å². The maximum atomic E-state index is 9.66.